The van der Waals surface area contributed by atoms with E-state index in [4.69, 9.17) is 14.6 Å². The van der Waals surface area contributed by atoms with Crippen LogP contribution in [0.2, 0.25) is 0 Å². The van der Waals surface area contributed by atoms with Crippen LogP contribution in [0.15, 0.2) is 109 Å². The second-order valence-corrected chi connectivity index (χ2v) is 7.39. The van der Waals surface area contributed by atoms with E-state index >= 15 is 0 Å². The summed E-state index contributed by atoms with van der Waals surface area (Å²) >= 11 is 0. The first-order valence-electron chi connectivity index (χ1n) is 10.9. The van der Waals surface area contributed by atoms with Gasteiger partial charge in [-0.05, 0) is 59.7 Å². The maximum absolute atomic E-state index is 11.2. The largest absolute Gasteiger partial charge is 1.00 e. The summed E-state index contributed by atoms with van der Waals surface area (Å²) in [6.07, 6.45) is 0. The van der Waals surface area contributed by atoms with E-state index in [1.165, 1.54) is 19.2 Å². The summed E-state index contributed by atoms with van der Waals surface area (Å²) in [6.45, 7) is 0.992. The minimum Gasteiger partial charge on any atom is -0.870 e. The monoisotopic (exact) mass is 526 g/mol. The van der Waals surface area contributed by atoms with Gasteiger partial charge in [0.25, 0.3) is 0 Å². The van der Waals surface area contributed by atoms with Crippen LogP contribution in [0, 0.1) is 0 Å². The predicted molar refractivity (Wildman–Crippen MR) is 141 cm³/mol. The molecule has 8 heteroatoms. The van der Waals surface area contributed by atoms with Gasteiger partial charge in [0.15, 0.2) is 0 Å². The Kier molecular flexibility index (Phi) is 16.8. The van der Waals surface area contributed by atoms with E-state index in [0.29, 0.717) is 24.5 Å². The molecule has 0 heterocycles. The number of aromatic carboxylic acids is 1. The Morgan fingerprint density at radius 1 is 0.632 bits per heavy atom. The van der Waals surface area contributed by atoms with Gasteiger partial charge in [0.2, 0.25) is 0 Å². The number of carboxylic acids is 1. The number of carbonyl (C=O) groups is 2. The number of carboxylic acid groups (broad SMARTS) is 1. The molecule has 4 aromatic rings. The fraction of sp³-hybridized carbons (Fsp3) is 0.133. The molecule has 4 aromatic carbocycles. The SMILES string of the molecule is C.COC(=O)c1ccc(OCc2ccccc2)cc1.O=C(O)c1ccc(OCc2ccccc2)cc1.[Na+].[OH-]. The molecule has 2 N–H and O–H groups in total. The number of ether oxygens (including phenoxy) is 3. The van der Waals surface area contributed by atoms with E-state index in [0.717, 1.165) is 16.9 Å². The van der Waals surface area contributed by atoms with Crippen LogP contribution in [0.1, 0.15) is 39.3 Å². The third-order valence-corrected chi connectivity index (χ3v) is 4.87. The van der Waals surface area contributed by atoms with Gasteiger partial charge in [-0.2, -0.15) is 0 Å². The molecule has 0 saturated heterocycles. The van der Waals surface area contributed by atoms with Crippen molar-refractivity contribution in [3.8, 4) is 11.5 Å². The summed E-state index contributed by atoms with van der Waals surface area (Å²) in [5, 5.41) is 8.74. The van der Waals surface area contributed by atoms with E-state index in [9.17, 15) is 9.59 Å². The average Bonchev–Trinajstić information content (AvgIpc) is 2.92. The van der Waals surface area contributed by atoms with Crippen LogP contribution in [0.3, 0.4) is 0 Å². The molecular weight excluding hydrogens is 495 g/mol. The van der Waals surface area contributed by atoms with Crippen LogP contribution in [-0.2, 0) is 18.0 Å². The first kappa shape index (κ1) is 34.4. The molecule has 0 aromatic heterocycles. The summed E-state index contributed by atoms with van der Waals surface area (Å²) in [6, 6.07) is 33.0. The number of rotatable bonds is 8. The number of hydrogen-bond donors (Lipinski definition) is 1. The van der Waals surface area contributed by atoms with Crippen molar-refractivity contribution >= 4 is 11.9 Å². The molecular formula is C30H31NaO7. The van der Waals surface area contributed by atoms with Crippen molar-refractivity contribution in [2.75, 3.05) is 7.11 Å². The van der Waals surface area contributed by atoms with E-state index in [-0.39, 0.29) is 54.0 Å². The molecule has 0 fully saturated rings. The van der Waals surface area contributed by atoms with E-state index in [1.54, 1.807) is 36.4 Å². The van der Waals surface area contributed by atoms with Gasteiger partial charge < -0.3 is 24.8 Å². The van der Waals surface area contributed by atoms with Crippen LogP contribution in [-0.4, -0.2) is 29.6 Å². The zero-order chi connectivity index (χ0) is 24.9. The molecule has 0 atom stereocenters. The molecule has 0 unspecified atom stereocenters. The standard InChI is InChI=1S/C15H14O3.C14H12O3.CH4.Na.H2O/c1-17-15(16)13-7-9-14(10-8-13)18-11-12-5-3-2-4-6-12;15-14(16)12-6-8-13(9-7-12)17-10-11-4-2-1-3-5-11;;;/h2-10H,11H2,1H3;1-9H,10H2,(H,15,16);1H4;;1H2/q;;;+1;/p-1. The fourth-order valence-corrected chi connectivity index (χ4v) is 2.98. The number of benzene rings is 4. The number of methoxy groups -OCH3 is 1. The van der Waals surface area contributed by atoms with Crippen molar-refractivity contribution < 1.29 is 63.9 Å². The minimum atomic E-state index is -0.931. The van der Waals surface area contributed by atoms with Gasteiger partial charge in [-0.25, -0.2) is 9.59 Å². The number of esters is 1. The van der Waals surface area contributed by atoms with Gasteiger partial charge in [-0.1, -0.05) is 68.1 Å². The zero-order valence-corrected chi connectivity index (χ0v) is 22.7. The third kappa shape index (κ3) is 11.6. The number of carbonyl (C=O) groups excluding carboxylic acids is 1. The molecule has 0 radical (unpaired) electrons. The van der Waals surface area contributed by atoms with Crippen molar-refractivity contribution in [2.24, 2.45) is 0 Å². The van der Waals surface area contributed by atoms with E-state index < -0.39 is 5.97 Å². The smallest absolute Gasteiger partial charge is 0.870 e. The Labute approximate surface area is 245 Å². The van der Waals surface area contributed by atoms with Gasteiger partial charge in [0.05, 0.1) is 18.2 Å². The number of hydrogen-bond acceptors (Lipinski definition) is 6. The maximum atomic E-state index is 11.2. The zero-order valence-electron chi connectivity index (χ0n) is 20.7. The Balaban J connectivity index is 0.000000669. The summed E-state index contributed by atoms with van der Waals surface area (Å²) < 4.78 is 15.8. The molecule has 0 bridgehead atoms. The summed E-state index contributed by atoms with van der Waals surface area (Å²) in [5.41, 5.74) is 2.96. The topological polar surface area (TPSA) is 112 Å². The van der Waals surface area contributed by atoms with Gasteiger partial charge in [0.1, 0.15) is 24.7 Å². The average molecular weight is 527 g/mol. The molecule has 194 valence electrons. The Bertz CT molecular complexity index is 1200. The molecule has 0 aliphatic rings. The molecule has 7 nitrogen and oxygen atoms in total. The van der Waals surface area contributed by atoms with Gasteiger partial charge >= 0.3 is 41.5 Å². The minimum absolute atomic E-state index is 0. The predicted octanol–water partition coefficient (Wildman–Crippen LogP) is 3.48. The Morgan fingerprint density at radius 2 is 1.00 bits per heavy atom. The normalized spacial score (nSPS) is 9.08. The molecule has 0 aliphatic carbocycles. The van der Waals surface area contributed by atoms with Crippen LogP contribution in [0.4, 0.5) is 0 Å². The van der Waals surface area contributed by atoms with Crippen molar-refractivity contribution in [2.45, 2.75) is 20.6 Å². The van der Waals surface area contributed by atoms with Crippen molar-refractivity contribution in [3.63, 3.8) is 0 Å². The Hall–Kier alpha value is -3.62. The third-order valence-electron chi connectivity index (χ3n) is 4.87. The van der Waals surface area contributed by atoms with E-state index in [1.807, 2.05) is 60.7 Å². The molecule has 0 saturated carbocycles. The molecule has 4 rings (SSSR count). The maximum Gasteiger partial charge on any atom is 1.00 e. The van der Waals surface area contributed by atoms with Crippen molar-refractivity contribution in [1.82, 2.24) is 0 Å². The van der Waals surface area contributed by atoms with Crippen molar-refractivity contribution in [3.05, 3.63) is 131 Å². The summed E-state index contributed by atoms with van der Waals surface area (Å²) in [5.74, 6) is 0.120. The quantitative estimate of drug-likeness (QED) is 0.276. The van der Waals surface area contributed by atoms with Crippen molar-refractivity contribution in [1.29, 1.82) is 0 Å². The second kappa shape index (κ2) is 18.6. The van der Waals surface area contributed by atoms with Gasteiger partial charge in [-0.3, -0.25) is 0 Å². The van der Waals surface area contributed by atoms with E-state index in [2.05, 4.69) is 4.74 Å². The summed E-state index contributed by atoms with van der Waals surface area (Å²) in [4.78, 5) is 21.9. The molecule has 0 spiro atoms. The first-order chi connectivity index (χ1) is 17.0. The van der Waals surface area contributed by atoms with Crippen LogP contribution < -0.4 is 39.0 Å². The molecule has 0 aliphatic heterocycles. The first-order valence-corrected chi connectivity index (χ1v) is 10.9. The van der Waals surface area contributed by atoms with Crippen LogP contribution >= 0.6 is 0 Å². The van der Waals surface area contributed by atoms with Gasteiger partial charge in [0, 0.05) is 0 Å². The van der Waals surface area contributed by atoms with Crippen LogP contribution in [0.25, 0.3) is 0 Å². The second-order valence-electron chi connectivity index (χ2n) is 7.39. The molecule has 0 amide bonds. The van der Waals surface area contributed by atoms with Gasteiger partial charge in [-0.15, -0.1) is 0 Å². The summed E-state index contributed by atoms with van der Waals surface area (Å²) in [7, 11) is 1.36. The fourth-order valence-electron chi connectivity index (χ4n) is 2.98. The Morgan fingerprint density at radius 3 is 1.34 bits per heavy atom. The van der Waals surface area contributed by atoms with Crippen LogP contribution in [0.5, 0.6) is 11.5 Å². The molecule has 38 heavy (non-hydrogen) atoms.